The van der Waals surface area contributed by atoms with Gasteiger partial charge in [0.25, 0.3) is 6.71 Å². The summed E-state index contributed by atoms with van der Waals surface area (Å²) in [5.74, 6) is 2.47. The maximum Gasteiger partial charge on any atom is 0.256 e. The summed E-state index contributed by atoms with van der Waals surface area (Å²) in [5.41, 5.74) is 13.6. The second-order valence-corrected chi connectivity index (χ2v) is 17.5. The van der Waals surface area contributed by atoms with Gasteiger partial charge in [-0.3, -0.25) is 9.80 Å². The first-order chi connectivity index (χ1) is 26.9. The quantitative estimate of drug-likeness (QED) is 0.165. The molecule has 272 valence electrons. The maximum atomic E-state index is 6.61. The fraction of sp³-hybridized carbons (Fsp3) is 0.184. The van der Waals surface area contributed by atoms with E-state index in [1.165, 1.54) is 11.1 Å². The van der Waals surface area contributed by atoms with Crippen LogP contribution < -0.4 is 26.2 Å². The smallest absolute Gasteiger partial charge is 0.256 e. The van der Waals surface area contributed by atoms with E-state index in [2.05, 4.69) is 161 Å². The number of rotatable bonds is 2. The van der Waals surface area contributed by atoms with Crippen LogP contribution in [-0.4, -0.2) is 16.7 Å². The fourth-order valence-corrected chi connectivity index (χ4v) is 9.00. The van der Waals surface area contributed by atoms with Gasteiger partial charge in [-0.2, -0.15) is 0 Å². The molecule has 2 aliphatic heterocycles. The van der Waals surface area contributed by atoms with Crippen LogP contribution in [0.4, 0.5) is 34.4 Å². The predicted octanol–water partition coefficient (Wildman–Crippen LogP) is 11.3. The third kappa shape index (κ3) is 4.76. The van der Waals surface area contributed by atoms with Gasteiger partial charge in [0.2, 0.25) is 0 Å². The molecule has 0 aliphatic carbocycles. The van der Waals surface area contributed by atoms with Crippen molar-refractivity contribution in [3.8, 4) is 0 Å². The monoisotopic (exact) mass is 728 g/mol. The Balaban J connectivity index is 1.25. The Bertz CT molecular complexity index is 2870. The lowest BCUT2D eigenvalue weighted by atomic mass is 9.34. The molecule has 0 amide bonds. The Morgan fingerprint density at radius 2 is 0.893 bits per heavy atom. The van der Waals surface area contributed by atoms with Crippen LogP contribution in [0.15, 0.2) is 130 Å². The molecule has 0 bridgehead atoms. The zero-order valence-corrected chi connectivity index (χ0v) is 32.7. The number of aromatic nitrogens is 2. The summed E-state index contributed by atoms with van der Waals surface area (Å²) in [4.78, 5) is 15.4. The molecule has 9 aromatic rings. The fourth-order valence-electron chi connectivity index (χ4n) is 9.00. The molecule has 11 rings (SSSR count). The van der Waals surface area contributed by atoms with Crippen LogP contribution >= 0.6 is 0 Å². The number of hydrogen-bond acceptors (Lipinski definition) is 6. The van der Waals surface area contributed by atoms with Crippen molar-refractivity contribution in [2.75, 3.05) is 9.80 Å². The van der Waals surface area contributed by atoms with E-state index >= 15 is 0 Å². The van der Waals surface area contributed by atoms with Crippen molar-refractivity contribution in [1.29, 1.82) is 0 Å². The highest BCUT2D eigenvalue weighted by Gasteiger charge is 2.46. The molecule has 5 heterocycles. The predicted molar refractivity (Wildman–Crippen MR) is 233 cm³/mol. The molecule has 6 nitrogen and oxygen atoms in total. The zero-order valence-electron chi connectivity index (χ0n) is 32.7. The highest BCUT2D eigenvalue weighted by Crippen LogP contribution is 2.46. The minimum atomic E-state index is -0.198. The number of aryl methyl sites for hydroxylation is 1. The van der Waals surface area contributed by atoms with Crippen LogP contribution in [0, 0.1) is 6.92 Å². The van der Waals surface area contributed by atoms with Crippen LogP contribution in [0.2, 0.25) is 0 Å². The average Bonchev–Trinajstić information content (AvgIpc) is 3.73. The molecular weight excluding hydrogens is 687 g/mol. The molecule has 7 heteroatoms. The van der Waals surface area contributed by atoms with Gasteiger partial charge < -0.3 is 8.83 Å². The third-order valence-electron chi connectivity index (χ3n) is 11.9. The summed E-state index contributed by atoms with van der Waals surface area (Å²) >= 11 is 0. The number of furan rings is 2. The van der Waals surface area contributed by atoms with Crippen molar-refractivity contribution in [2.24, 2.45) is 0 Å². The highest BCUT2D eigenvalue weighted by molar-refractivity contribution is 7.00. The highest BCUT2D eigenvalue weighted by atomic mass is 16.3. The van der Waals surface area contributed by atoms with E-state index in [0.29, 0.717) is 5.82 Å². The minimum absolute atomic E-state index is 0.0186. The van der Waals surface area contributed by atoms with E-state index in [4.69, 9.17) is 18.8 Å². The van der Waals surface area contributed by atoms with Gasteiger partial charge >= 0.3 is 0 Å². The van der Waals surface area contributed by atoms with Gasteiger partial charge in [-0.1, -0.05) is 102 Å². The Hall–Kier alpha value is -6.34. The van der Waals surface area contributed by atoms with Gasteiger partial charge in [0.05, 0.1) is 0 Å². The van der Waals surface area contributed by atoms with Crippen molar-refractivity contribution in [1.82, 2.24) is 9.97 Å². The molecule has 0 saturated carbocycles. The lowest BCUT2D eigenvalue weighted by Crippen LogP contribution is -2.62. The lowest BCUT2D eigenvalue weighted by molar-refractivity contribution is 0.590. The largest absolute Gasteiger partial charge is 0.456 e. The number of benzene rings is 6. The molecule has 0 saturated heterocycles. The molecule has 6 aromatic carbocycles. The standard InChI is InChI=1S/C49H41BN4O2/c1-28-51-46-45-47(52-28)54(32-22-18-30(19-23-32)49(5,6)7)40-25-36-34-13-9-11-15-42(34)56-44(36)27-38(40)50(45)37-26-43-35(33-12-8-10-14-41(33)55-43)24-39(37)53(46)31-20-16-29(17-21-31)48(2,3)4/h8-27H,1-7H3. The van der Waals surface area contributed by atoms with E-state index in [-0.39, 0.29) is 17.5 Å². The minimum Gasteiger partial charge on any atom is -0.456 e. The van der Waals surface area contributed by atoms with E-state index in [9.17, 15) is 0 Å². The molecule has 56 heavy (non-hydrogen) atoms. The second kappa shape index (κ2) is 11.4. The maximum absolute atomic E-state index is 6.61. The first-order valence-corrected chi connectivity index (χ1v) is 19.5. The molecule has 0 unspecified atom stereocenters. The van der Waals surface area contributed by atoms with Gasteiger partial charge in [-0.05, 0) is 100 Å². The summed E-state index contributed by atoms with van der Waals surface area (Å²) in [6.07, 6.45) is 0. The van der Waals surface area contributed by atoms with Gasteiger partial charge in [0.1, 0.15) is 39.8 Å². The normalized spacial score (nSPS) is 13.9. The molecule has 0 N–H and O–H groups in total. The SMILES string of the molecule is Cc1nc2c3c(n1)N(c1ccc(C(C)(C)C)cc1)c1cc4c(cc1B3c1cc3oc5ccccc5c3cc1N2c1ccc(C(C)(C)C)cc1)oc1ccccc14. The molecular formula is C49H41BN4O2. The van der Waals surface area contributed by atoms with Crippen LogP contribution in [0.25, 0.3) is 43.9 Å². The van der Waals surface area contributed by atoms with Crippen molar-refractivity contribution in [2.45, 2.75) is 59.3 Å². The zero-order chi connectivity index (χ0) is 38.2. The molecule has 0 atom stereocenters. The number of anilines is 6. The number of nitrogens with zero attached hydrogens (tertiary/aromatic N) is 4. The summed E-state index contributed by atoms with van der Waals surface area (Å²) in [5, 5.41) is 4.34. The van der Waals surface area contributed by atoms with Crippen molar-refractivity contribution >= 4 is 101 Å². The summed E-state index contributed by atoms with van der Waals surface area (Å²) in [6, 6.07) is 43.7. The van der Waals surface area contributed by atoms with Crippen LogP contribution in [0.5, 0.6) is 0 Å². The molecule has 0 radical (unpaired) electrons. The van der Waals surface area contributed by atoms with E-state index < -0.39 is 0 Å². The third-order valence-corrected chi connectivity index (χ3v) is 11.9. The molecule has 2 aliphatic rings. The van der Waals surface area contributed by atoms with Crippen LogP contribution in [-0.2, 0) is 10.8 Å². The molecule has 3 aromatic heterocycles. The van der Waals surface area contributed by atoms with Crippen LogP contribution in [0.1, 0.15) is 58.5 Å². The molecule has 0 fully saturated rings. The van der Waals surface area contributed by atoms with Crippen molar-refractivity contribution in [3.05, 3.63) is 138 Å². The Morgan fingerprint density at radius 3 is 1.30 bits per heavy atom. The topological polar surface area (TPSA) is 58.5 Å². The molecule has 0 spiro atoms. The van der Waals surface area contributed by atoms with Crippen molar-refractivity contribution < 1.29 is 8.83 Å². The Morgan fingerprint density at radius 1 is 0.482 bits per heavy atom. The van der Waals surface area contributed by atoms with Gasteiger partial charge in [-0.25, -0.2) is 9.97 Å². The second-order valence-electron chi connectivity index (χ2n) is 17.5. The Kier molecular flexibility index (Phi) is 6.70. The number of hydrogen-bond donors (Lipinski definition) is 0. The Labute approximate surface area is 326 Å². The summed E-state index contributed by atoms with van der Waals surface area (Å²) < 4.78 is 13.2. The van der Waals surface area contributed by atoms with E-state index in [1.807, 2.05) is 19.1 Å². The van der Waals surface area contributed by atoms with Gasteiger partial charge in [-0.15, -0.1) is 0 Å². The van der Waals surface area contributed by atoms with Crippen LogP contribution in [0.3, 0.4) is 0 Å². The average molecular weight is 729 g/mol. The summed E-state index contributed by atoms with van der Waals surface area (Å²) in [7, 11) is 0. The first kappa shape index (κ1) is 33.0. The van der Waals surface area contributed by atoms with Gasteiger partial charge in [0, 0.05) is 49.8 Å². The number of para-hydroxylation sites is 2. The lowest BCUT2D eigenvalue weighted by Gasteiger charge is -2.42. The number of fused-ring (bicyclic) bond motifs is 10. The van der Waals surface area contributed by atoms with Crippen molar-refractivity contribution in [3.63, 3.8) is 0 Å². The summed E-state index contributed by atoms with van der Waals surface area (Å²) in [6.45, 7) is 15.4. The first-order valence-electron chi connectivity index (χ1n) is 19.5. The van der Waals surface area contributed by atoms with E-state index in [1.54, 1.807) is 0 Å². The van der Waals surface area contributed by atoms with Gasteiger partial charge in [0.15, 0.2) is 0 Å². The van der Waals surface area contributed by atoms with E-state index in [0.717, 1.165) is 94.7 Å².